The van der Waals surface area contributed by atoms with Gasteiger partial charge in [0.2, 0.25) is 0 Å². The molecule has 2 bridgehead atoms. The van der Waals surface area contributed by atoms with Gasteiger partial charge in [0, 0.05) is 6.42 Å². The summed E-state index contributed by atoms with van der Waals surface area (Å²) in [7, 11) is 1.70. The molecular weight excluding hydrogens is 266 g/mol. The molecule has 2 fully saturated rings. The van der Waals surface area contributed by atoms with Crippen molar-refractivity contribution in [1.29, 1.82) is 0 Å². The van der Waals surface area contributed by atoms with Gasteiger partial charge in [-0.15, -0.1) is 0 Å². The summed E-state index contributed by atoms with van der Waals surface area (Å²) in [5.74, 6) is -0.0743. The van der Waals surface area contributed by atoms with Crippen molar-refractivity contribution in [3.05, 3.63) is 0 Å². The van der Waals surface area contributed by atoms with Crippen LogP contribution in [-0.2, 0) is 9.53 Å². The quantitative estimate of drug-likeness (QED) is 0.791. The van der Waals surface area contributed by atoms with E-state index < -0.39 is 11.5 Å². The lowest BCUT2D eigenvalue weighted by atomic mass is 9.70. The van der Waals surface area contributed by atoms with Gasteiger partial charge in [0.25, 0.3) is 0 Å². The fourth-order valence-corrected chi connectivity index (χ4v) is 4.54. The molecule has 5 atom stereocenters. The van der Waals surface area contributed by atoms with Gasteiger partial charge >= 0.3 is 5.97 Å². The molecule has 21 heavy (non-hydrogen) atoms. The van der Waals surface area contributed by atoms with Crippen LogP contribution in [0.4, 0.5) is 0 Å². The molecule has 0 saturated heterocycles. The first-order valence-corrected chi connectivity index (χ1v) is 8.14. The molecule has 2 rings (SSSR count). The Balaban J connectivity index is 2.02. The molecule has 0 aliphatic heterocycles. The zero-order valence-corrected chi connectivity index (χ0v) is 14.3. The molecule has 2 N–H and O–H groups in total. The van der Waals surface area contributed by atoms with Crippen molar-refractivity contribution in [2.45, 2.75) is 78.0 Å². The lowest BCUT2D eigenvalue weighted by molar-refractivity contribution is -0.147. The smallest absolute Gasteiger partial charge is 0.323 e. The van der Waals surface area contributed by atoms with Crippen LogP contribution in [0, 0.1) is 16.7 Å². The maximum Gasteiger partial charge on any atom is 0.323 e. The number of hydrogen-bond acceptors (Lipinski definition) is 3. The number of aliphatic carboxylic acids is 1. The highest BCUT2D eigenvalue weighted by Gasteiger charge is 2.62. The summed E-state index contributed by atoms with van der Waals surface area (Å²) in [5.41, 5.74) is -0.366. The molecule has 2 saturated carbocycles. The Hall–Kier alpha value is -0.610. The molecule has 4 heteroatoms. The van der Waals surface area contributed by atoms with Gasteiger partial charge < -0.3 is 15.2 Å². The normalized spacial score (nSPS) is 38.2. The number of ether oxygens (including phenoxy) is 1. The molecule has 0 aromatic heterocycles. The van der Waals surface area contributed by atoms with Crippen LogP contribution in [0.2, 0.25) is 0 Å². The van der Waals surface area contributed by atoms with Gasteiger partial charge in [-0.1, -0.05) is 20.8 Å². The highest BCUT2D eigenvalue weighted by Crippen LogP contribution is 2.66. The third kappa shape index (κ3) is 2.50. The van der Waals surface area contributed by atoms with Crippen molar-refractivity contribution in [1.82, 2.24) is 5.32 Å². The van der Waals surface area contributed by atoms with Gasteiger partial charge in [0.05, 0.1) is 12.2 Å². The zero-order chi connectivity index (χ0) is 16.1. The van der Waals surface area contributed by atoms with E-state index in [2.05, 4.69) is 26.1 Å². The van der Waals surface area contributed by atoms with Gasteiger partial charge in [-0.2, -0.15) is 0 Å². The summed E-state index contributed by atoms with van der Waals surface area (Å²) in [6.45, 7) is 10.8. The molecule has 4 nitrogen and oxygen atoms in total. The highest BCUT2D eigenvalue weighted by molar-refractivity contribution is 5.78. The molecule has 2 aliphatic carbocycles. The minimum absolute atomic E-state index is 0.0597. The number of hydrogen-bond donors (Lipinski definition) is 2. The Kier molecular flexibility index (Phi) is 4.18. The van der Waals surface area contributed by atoms with Crippen molar-refractivity contribution in [2.24, 2.45) is 16.7 Å². The van der Waals surface area contributed by atoms with E-state index in [0.29, 0.717) is 11.8 Å². The van der Waals surface area contributed by atoms with Crippen LogP contribution in [0.15, 0.2) is 0 Å². The molecule has 0 aromatic carbocycles. The predicted octanol–water partition coefficient (Wildman–Crippen LogP) is 3.06. The van der Waals surface area contributed by atoms with Crippen LogP contribution in [0.5, 0.6) is 0 Å². The lowest BCUT2D eigenvalue weighted by Crippen LogP contribution is -2.50. The summed E-state index contributed by atoms with van der Waals surface area (Å²) in [5, 5.41) is 12.3. The minimum Gasteiger partial charge on any atom is -0.480 e. The maximum atomic E-state index is 11.4. The van der Waals surface area contributed by atoms with E-state index in [1.54, 1.807) is 14.0 Å². The average Bonchev–Trinajstić information content (AvgIpc) is 2.71. The topological polar surface area (TPSA) is 58.6 Å². The number of rotatable bonds is 6. The fraction of sp³-hybridized carbons (Fsp3) is 0.941. The second-order valence-corrected chi connectivity index (χ2v) is 8.14. The van der Waals surface area contributed by atoms with Crippen LogP contribution in [-0.4, -0.2) is 35.9 Å². The van der Waals surface area contributed by atoms with E-state index in [9.17, 15) is 9.90 Å². The number of carboxylic acid groups (broad SMARTS) is 1. The molecule has 2 aliphatic rings. The minimum atomic E-state index is -0.923. The first kappa shape index (κ1) is 16.8. The number of nitrogens with one attached hydrogen (secondary N) is 1. The molecule has 122 valence electrons. The monoisotopic (exact) mass is 297 g/mol. The fourth-order valence-electron chi connectivity index (χ4n) is 4.54. The molecule has 5 unspecified atom stereocenters. The highest BCUT2D eigenvalue weighted by atomic mass is 16.5. The number of likely N-dealkylation sites (N-methyl/N-ethyl adjacent to an activating group) is 1. The Labute approximate surface area is 128 Å². The molecule has 0 aromatic rings. The Bertz CT molecular complexity index is 422. The van der Waals surface area contributed by atoms with E-state index in [1.807, 2.05) is 6.92 Å². The SMILES string of the molecule is CNC(C)(CC(C)OC1CC2CCC1(C)C2(C)C)C(=O)O. The Morgan fingerprint density at radius 2 is 2.10 bits per heavy atom. The predicted molar refractivity (Wildman–Crippen MR) is 83.3 cm³/mol. The van der Waals surface area contributed by atoms with Crippen LogP contribution >= 0.6 is 0 Å². The van der Waals surface area contributed by atoms with E-state index >= 15 is 0 Å². The van der Waals surface area contributed by atoms with Crippen LogP contribution in [0.25, 0.3) is 0 Å². The number of carbonyl (C=O) groups is 1. The Morgan fingerprint density at radius 3 is 2.48 bits per heavy atom. The molecule has 0 radical (unpaired) electrons. The van der Waals surface area contributed by atoms with Gasteiger partial charge in [0.15, 0.2) is 0 Å². The van der Waals surface area contributed by atoms with E-state index in [-0.39, 0.29) is 17.6 Å². The van der Waals surface area contributed by atoms with Crippen LogP contribution < -0.4 is 5.32 Å². The molecule has 0 amide bonds. The first-order valence-electron chi connectivity index (χ1n) is 8.14. The van der Waals surface area contributed by atoms with Crippen molar-refractivity contribution in [3.63, 3.8) is 0 Å². The van der Waals surface area contributed by atoms with Crippen LogP contribution in [0.3, 0.4) is 0 Å². The molecule has 0 heterocycles. The number of carboxylic acids is 1. The molecular formula is C17H31NO3. The summed E-state index contributed by atoms with van der Waals surface area (Å²) >= 11 is 0. The summed E-state index contributed by atoms with van der Waals surface area (Å²) in [6, 6.07) is 0. The average molecular weight is 297 g/mol. The van der Waals surface area contributed by atoms with Gasteiger partial charge in [-0.3, -0.25) is 4.79 Å². The van der Waals surface area contributed by atoms with Gasteiger partial charge in [-0.05, 0) is 56.9 Å². The number of fused-ring (bicyclic) bond motifs is 2. The summed E-state index contributed by atoms with van der Waals surface area (Å²) in [6.07, 6.45) is 4.34. The second-order valence-electron chi connectivity index (χ2n) is 8.14. The third-order valence-electron chi connectivity index (χ3n) is 6.83. The van der Waals surface area contributed by atoms with E-state index in [1.165, 1.54) is 12.8 Å². The molecule has 0 spiro atoms. The Morgan fingerprint density at radius 1 is 1.48 bits per heavy atom. The van der Waals surface area contributed by atoms with Crippen molar-refractivity contribution in [2.75, 3.05) is 7.05 Å². The van der Waals surface area contributed by atoms with Crippen molar-refractivity contribution in [3.8, 4) is 0 Å². The largest absolute Gasteiger partial charge is 0.480 e. The van der Waals surface area contributed by atoms with Crippen LogP contribution in [0.1, 0.15) is 60.3 Å². The maximum absolute atomic E-state index is 11.4. The van der Waals surface area contributed by atoms with Crippen molar-refractivity contribution >= 4 is 5.97 Å². The summed E-state index contributed by atoms with van der Waals surface area (Å²) < 4.78 is 6.33. The van der Waals surface area contributed by atoms with E-state index in [4.69, 9.17) is 4.74 Å². The first-order chi connectivity index (χ1) is 9.57. The zero-order valence-electron chi connectivity index (χ0n) is 14.3. The van der Waals surface area contributed by atoms with Gasteiger partial charge in [-0.25, -0.2) is 0 Å². The summed E-state index contributed by atoms with van der Waals surface area (Å²) in [4.78, 5) is 11.4. The third-order valence-corrected chi connectivity index (χ3v) is 6.83. The standard InChI is InChI=1S/C17H31NO3/c1-11(10-17(5,18-6)14(19)20)21-13-9-12-7-8-16(13,4)15(12,2)3/h11-13,18H,7-10H2,1-6H3,(H,19,20). The van der Waals surface area contributed by atoms with E-state index in [0.717, 1.165) is 12.3 Å². The second kappa shape index (κ2) is 5.24. The lowest BCUT2D eigenvalue weighted by Gasteiger charge is -2.40. The van der Waals surface area contributed by atoms with Gasteiger partial charge in [0.1, 0.15) is 5.54 Å². The van der Waals surface area contributed by atoms with Crippen molar-refractivity contribution < 1.29 is 14.6 Å².